The molecule has 1 heterocycles. The van der Waals surface area contributed by atoms with E-state index in [-0.39, 0.29) is 12.1 Å². The quantitative estimate of drug-likeness (QED) is 0.797. The SMILES string of the molecule is Cc1ncsc1CNC1CCCC1O. The van der Waals surface area contributed by atoms with E-state index in [0.717, 1.165) is 31.5 Å². The molecule has 0 aromatic carbocycles. The Bertz CT molecular complexity index is 300. The molecule has 1 aromatic heterocycles. The van der Waals surface area contributed by atoms with E-state index in [2.05, 4.69) is 10.3 Å². The van der Waals surface area contributed by atoms with Crippen LogP contribution in [0, 0.1) is 6.92 Å². The first-order valence-electron chi connectivity index (χ1n) is 5.08. The smallest absolute Gasteiger partial charge is 0.0798 e. The van der Waals surface area contributed by atoms with Gasteiger partial charge >= 0.3 is 0 Å². The second-order valence-electron chi connectivity index (χ2n) is 3.85. The van der Waals surface area contributed by atoms with Crippen molar-refractivity contribution in [1.82, 2.24) is 10.3 Å². The van der Waals surface area contributed by atoms with E-state index >= 15 is 0 Å². The van der Waals surface area contributed by atoms with Crippen LogP contribution < -0.4 is 5.32 Å². The lowest BCUT2D eigenvalue weighted by molar-refractivity contribution is 0.148. The highest BCUT2D eigenvalue weighted by Crippen LogP contribution is 2.20. The number of nitrogens with zero attached hydrogens (tertiary/aromatic N) is 1. The number of hydrogen-bond acceptors (Lipinski definition) is 4. The van der Waals surface area contributed by atoms with E-state index in [0.29, 0.717) is 0 Å². The second kappa shape index (κ2) is 4.38. The second-order valence-corrected chi connectivity index (χ2v) is 4.79. The summed E-state index contributed by atoms with van der Waals surface area (Å²) in [5, 5.41) is 13.0. The minimum atomic E-state index is -0.150. The van der Waals surface area contributed by atoms with Crippen molar-refractivity contribution in [3.05, 3.63) is 16.1 Å². The predicted octanol–water partition coefficient (Wildman–Crippen LogP) is 1.45. The third-order valence-electron chi connectivity index (χ3n) is 2.85. The van der Waals surface area contributed by atoms with Crippen LogP contribution in [-0.2, 0) is 6.54 Å². The van der Waals surface area contributed by atoms with Crippen molar-refractivity contribution in [2.24, 2.45) is 0 Å². The van der Waals surface area contributed by atoms with Gasteiger partial charge in [0.25, 0.3) is 0 Å². The highest BCUT2D eigenvalue weighted by molar-refractivity contribution is 7.09. The van der Waals surface area contributed by atoms with Crippen LogP contribution in [0.2, 0.25) is 0 Å². The molecule has 1 fully saturated rings. The highest BCUT2D eigenvalue weighted by Gasteiger charge is 2.24. The van der Waals surface area contributed by atoms with Crippen LogP contribution in [0.5, 0.6) is 0 Å². The van der Waals surface area contributed by atoms with Gasteiger partial charge < -0.3 is 10.4 Å². The summed E-state index contributed by atoms with van der Waals surface area (Å²) in [4.78, 5) is 5.48. The van der Waals surface area contributed by atoms with Gasteiger partial charge in [0, 0.05) is 17.5 Å². The zero-order chi connectivity index (χ0) is 9.97. The van der Waals surface area contributed by atoms with Gasteiger partial charge in [-0.1, -0.05) is 0 Å². The molecule has 2 rings (SSSR count). The molecule has 0 bridgehead atoms. The standard InChI is InChI=1S/C10H16N2OS/c1-7-10(14-6-12-7)5-11-8-3-2-4-9(8)13/h6,8-9,11,13H,2-5H2,1H3. The lowest BCUT2D eigenvalue weighted by Crippen LogP contribution is -2.34. The molecule has 2 unspecified atom stereocenters. The lowest BCUT2D eigenvalue weighted by Gasteiger charge is -2.15. The minimum Gasteiger partial charge on any atom is -0.392 e. The third kappa shape index (κ3) is 2.13. The van der Waals surface area contributed by atoms with E-state index < -0.39 is 0 Å². The molecule has 0 radical (unpaired) electrons. The Morgan fingerprint density at radius 3 is 3.07 bits per heavy atom. The molecule has 0 spiro atoms. The molecule has 0 amide bonds. The van der Waals surface area contributed by atoms with Crippen molar-refractivity contribution in [2.45, 2.75) is 44.9 Å². The number of nitrogens with one attached hydrogen (secondary N) is 1. The fraction of sp³-hybridized carbons (Fsp3) is 0.700. The zero-order valence-corrected chi connectivity index (χ0v) is 9.18. The Labute approximate surface area is 88.2 Å². The van der Waals surface area contributed by atoms with Gasteiger partial charge in [0.15, 0.2) is 0 Å². The number of aromatic nitrogens is 1. The number of hydrogen-bond donors (Lipinski definition) is 2. The summed E-state index contributed by atoms with van der Waals surface area (Å²) in [7, 11) is 0. The molecule has 3 nitrogen and oxygen atoms in total. The average molecular weight is 212 g/mol. The summed E-state index contributed by atoms with van der Waals surface area (Å²) in [6.45, 7) is 2.87. The molecule has 78 valence electrons. The highest BCUT2D eigenvalue weighted by atomic mass is 32.1. The van der Waals surface area contributed by atoms with Crippen LogP contribution in [0.4, 0.5) is 0 Å². The predicted molar refractivity (Wildman–Crippen MR) is 57.3 cm³/mol. The Morgan fingerprint density at radius 2 is 2.50 bits per heavy atom. The number of rotatable bonds is 3. The van der Waals surface area contributed by atoms with E-state index in [9.17, 15) is 5.11 Å². The van der Waals surface area contributed by atoms with Gasteiger partial charge in [-0.05, 0) is 26.2 Å². The normalized spacial score (nSPS) is 27.0. The maximum absolute atomic E-state index is 9.61. The molecule has 14 heavy (non-hydrogen) atoms. The molecule has 0 aliphatic heterocycles. The van der Waals surface area contributed by atoms with E-state index in [1.165, 1.54) is 4.88 Å². The number of aliphatic hydroxyl groups is 1. The maximum atomic E-state index is 9.61. The lowest BCUT2D eigenvalue weighted by atomic mass is 10.2. The zero-order valence-electron chi connectivity index (χ0n) is 8.36. The maximum Gasteiger partial charge on any atom is 0.0798 e. The number of thiazole rings is 1. The average Bonchev–Trinajstić information content (AvgIpc) is 2.72. The van der Waals surface area contributed by atoms with Crippen molar-refractivity contribution in [3.63, 3.8) is 0 Å². The summed E-state index contributed by atoms with van der Waals surface area (Å²) in [6, 6.07) is 0.288. The molecule has 0 saturated heterocycles. The first-order chi connectivity index (χ1) is 6.77. The van der Waals surface area contributed by atoms with E-state index in [4.69, 9.17) is 0 Å². The molecule has 1 aliphatic carbocycles. The first-order valence-corrected chi connectivity index (χ1v) is 5.96. The third-order valence-corrected chi connectivity index (χ3v) is 3.78. The van der Waals surface area contributed by atoms with Gasteiger partial charge in [-0.3, -0.25) is 0 Å². The fourth-order valence-electron chi connectivity index (χ4n) is 1.90. The van der Waals surface area contributed by atoms with Gasteiger partial charge in [-0.2, -0.15) is 0 Å². The summed E-state index contributed by atoms with van der Waals surface area (Å²) in [5.74, 6) is 0. The minimum absolute atomic E-state index is 0.150. The Kier molecular flexibility index (Phi) is 3.15. The Hall–Kier alpha value is -0.450. The van der Waals surface area contributed by atoms with Crippen LogP contribution >= 0.6 is 11.3 Å². The van der Waals surface area contributed by atoms with Crippen molar-refractivity contribution >= 4 is 11.3 Å². The van der Waals surface area contributed by atoms with Crippen molar-refractivity contribution < 1.29 is 5.11 Å². The molecule has 2 atom stereocenters. The molecule has 2 N–H and O–H groups in total. The largest absolute Gasteiger partial charge is 0.392 e. The van der Waals surface area contributed by atoms with Crippen molar-refractivity contribution in [1.29, 1.82) is 0 Å². The molecule has 4 heteroatoms. The monoisotopic (exact) mass is 212 g/mol. The van der Waals surface area contributed by atoms with Crippen LogP contribution in [0.25, 0.3) is 0 Å². The van der Waals surface area contributed by atoms with Crippen LogP contribution in [0.15, 0.2) is 5.51 Å². The summed E-state index contributed by atoms with van der Waals surface area (Å²) < 4.78 is 0. The molecular formula is C10H16N2OS. The number of aliphatic hydroxyl groups excluding tert-OH is 1. The molecule has 1 saturated carbocycles. The van der Waals surface area contributed by atoms with Gasteiger partial charge in [0.2, 0.25) is 0 Å². The van der Waals surface area contributed by atoms with Gasteiger partial charge in [0.05, 0.1) is 17.3 Å². The van der Waals surface area contributed by atoms with Gasteiger partial charge in [-0.25, -0.2) is 4.98 Å². The summed E-state index contributed by atoms with van der Waals surface area (Å²) >= 11 is 1.68. The van der Waals surface area contributed by atoms with Crippen LogP contribution in [0.1, 0.15) is 29.8 Å². The van der Waals surface area contributed by atoms with Crippen molar-refractivity contribution in [2.75, 3.05) is 0 Å². The molecule has 1 aromatic rings. The van der Waals surface area contributed by atoms with Gasteiger partial charge in [0.1, 0.15) is 0 Å². The Balaban J connectivity index is 1.85. The summed E-state index contributed by atoms with van der Waals surface area (Å²) in [6.07, 6.45) is 3.03. The fourth-order valence-corrected chi connectivity index (χ4v) is 2.63. The van der Waals surface area contributed by atoms with Gasteiger partial charge in [-0.15, -0.1) is 11.3 Å². The van der Waals surface area contributed by atoms with Crippen LogP contribution in [-0.4, -0.2) is 22.2 Å². The van der Waals surface area contributed by atoms with E-state index in [1.54, 1.807) is 11.3 Å². The summed E-state index contributed by atoms with van der Waals surface area (Å²) in [5.41, 5.74) is 2.98. The van der Waals surface area contributed by atoms with Crippen molar-refractivity contribution in [3.8, 4) is 0 Å². The Morgan fingerprint density at radius 1 is 1.64 bits per heavy atom. The first kappa shape index (κ1) is 10.1. The number of aryl methyl sites for hydroxylation is 1. The molecule has 1 aliphatic rings. The van der Waals surface area contributed by atoms with Crippen LogP contribution in [0.3, 0.4) is 0 Å². The molecular weight excluding hydrogens is 196 g/mol. The topological polar surface area (TPSA) is 45.2 Å². The van der Waals surface area contributed by atoms with E-state index in [1.807, 2.05) is 12.4 Å².